The minimum Gasteiger partial charge on any atom is -0.341 e. The summed E-state index contributed by atoms with van der Waals surface area (Å²) < 4.78 is 0. The highest BCUT2D eigenvalue weighted by molar-refractivity contribution is 5.73. The number of piperidine rings is 1. The molecule has 4 heteroatoms. The average molecular weight is 197 g/mol. The minimum absolute atomic E-state index is 0.0403. The standard InChI is InChI=1S/C10H19N3O/c1-11-10(14)12-8-4-6-13-5-2-3-9(13)7-8/h8-9H,2-7H2,1H3,(H2,11,12,14). The average Bonchev–Trinajstić information content (AvgIpc) is 2.64. The highest BCUT2D eigenvalue weighted by atomic mass is 16.2. The van der Waals surface area contributed by atoms with Gasteiger partial charge in [-0.05, 0) is 32.2 Å². The molecule has 0 aromatic heterocycles. The number of carbonyl (C=O) groups is 1. The van der Waals surface area contributed by atoms with Crippen LogP contribution in [0.4, 0.5) is 4.79 Å². The Hall–Kier alpha value is -0.770. The smallest absolute Gasteiger partial charge is 0.314 e. The van der Waals surface area contributed by atoms with E-state index in [1.807, 2.05) is 0 Å². The van der Waals surface area contributed by atoms with Crippen molar-refractivity contribution >= 4 is 6.03 Å². The Morgan fingerprint density at radius 1 is 1.36 bits per heavy atom. The predicted molar refractivity (Wildman–Crippen MR) is 55.2 cm³/mol. The molecule has 14 heavy (non-hydrogen) atoms. The lowest BCUT2D eigenvalue weighted by Gasteiger charge is -2.34. The van der Waals surface area contributed by atoms with Crippen LogP contribution in [0.1, 0.15) is 25.7 Å². The molecule has 2 amide bonds. The summed E-state index contributed by atoms with van der Waals surface area (Å²) in [6.45, 7) is 2.41. The van der Waals surface area contributed by atoms with Crippen LogP contribution in [0.3, 0.4) is 0 Å². The van der Waals surface area contributed by atoms with Crippen molar-refractivity contribution in [1.82, 2.24) is 15.5 Å². The molecule has 2 aliphatic rings. The molecule has 2 saturated heterocycles. The lowest BCUT2D eigenvalue weighted by Crippen LogP contribution is -2.49. The molecule has 2 rings (SSSR count). The normalized spacial score (nSPS) is 32.4. The Bertz CT molecular complexity index is 219. The summed E-state index contributed by atoms with van der Waals surface area (Å²) >= 11 is 0. The van der Waals surface area contributed by atoms with Gasteiger partial charge in [-0.2, -0.15) is 0 Å². The molecular weight excluding hydrogens is 178 g/mol. The SMILES string of the molecule is CNC(=O)NC1CCN2CCCC2C1. The number of carbonyl (C=O) groups excluding carboxylic acids is 1. The summed E-state index contributed by atoms with van der Waals surface area (Å²) in [7, 11) is 1.67. The topological polar surface area (TPSA) is 44.4 Å². The highest BCUT2D eigenvalue weighted by Crippen LogP contribution is 2.26. The van der Waals surface area contributed by atoms with Crippen LogP contribution in [0.2, 0.25) is 0 Å². The summed E-state index contributed by atoms with van der Waals surface area (Å²) in [5.41, 5.74) is 0. The van der Waals surface area contributed by atoms with Crippen LogP contribution < -0.4 is 10.6 Å². The van der Waals surface area contributed by atoms with Crippen molar-refractivity contribution in [2.45, 2.75) is 37.8 Å². The van der Waals surface area contributed by atoms with Crippen LogP contribution in [0, 0.1) is 0 Å². The molecule has 2 fully saturated rings. The number of fused-ring (bicyclic) bond motifs is 1. The number of nitrogens with one attached hydrogen (secondary N) is 2. The van der Waals surface area contributed by atoms with Gasteiger partial charge in [0.2, 0.25) is 0 Å². The Morgan fingerprint density at radius 2 is 2.21 bits per heavy atom. The van der Waals surface area contributed by atoms with Gasteiger partial charge in [-0.25, -0.2) is 4.79 Å². The van der Waals surface area contributed by atoms with Crippen molar-refractivity contribution in [3.63, 3.8) is 0 Å². The first-order valence-electron chi connectivity index (χ1n) is 5.52. The lowest BCUT2D eigenvalue weighted by molar-refractivity contribution is 0.167. The van der Waals surface area contributed by atoms with Crippen LogP contribution in [-0.2, 0) is 0 Å². The molecular formula is C10H19N3O. The number of urea groups is 1. The van der Waals surface area contributed by atoms with Gasteiger partial charge in [-0.3, -0.25) is 0 Å². The van der Waals surface area contributed by atoms with Gasteiger partial charge >= 0.3 is 6.03 Å². The van der Waals surface area contributed by atoms with Crippen LogP contribution in [0.25, 0.3) is 0 Å². The quantitative estimate of drug-likeness (QED) is 0.644. The fraction of sp³-hybridized carbons (Fsp3) is 0.900. The maximum absolute atomic E-state index is 11.1. The molecule has 2 N–H and O–H groups in total. The first-order chi connectivity index (χ1) is 6.79. The van der Waals surface area contributed by atoms with Gasteiger partial charge < -0.3 is 15.5 Å². The molecule has 0 aliphatic carbocycles. The van der Waals surface area contributed by atoms with E-state index in [2.05, 4.69) is 15.5 Å². The molecule has 80 valence electrons. The molecule has 2 unspecified atom stereocenters. The van der Waals surface area contributed by atoms with E-state index in [0.29, 0.717) is 6.04 Å². The van der Waals surface area contributed by atoms with Gasteiger partial charge in [0.25, 0.3) is 0 Å². The van der Waals surface area contributed by atoms with Gasteiger partial charge in [-0.1, -0.05) is 0 Å². The van der Waals surface area contributed by atoms with E-state index >= 15 is 0 Å². The number of hydrogen-bond acceptors (Lipinski definition) is 2. The van der Waals surface area contributed by atoms with E-state index < -0.39 is 0 Å². The van der Waals surface area contributed by atoms with Crippen molar-refractivity contribution in [3.8, 4) is 0 Å². The van der Waals surface area contributed by atoms with Crippen molar-refractivity contribution in [3.05, 3.63) is 0 Å². The maximum Gasteiger partial charge on any atom is 0.314 e. The first kappa shape index (κ1) is 9.77. The third kappa shape index (κ3) is 2.00. The summed E-state index contributed by atoms with van der Waals surface area (Å²) in [5.74, 6) is 0. The third-order valence-corrected chi connectivity index (χ3v) is 3.38. The first-order valence-corrected chi connectivity index (χ1v) is 5.52. The van der Waals surface area contributed by atoms with Crippen molar-refractivity contribution in [2.24, 2.45) is 0 Å². The highest BCUT2D eigenvalue weighted by Gasteiger charge is 2.31. The molecule has 2 aliphatic heterocycles. The molecule has 0 radical (unpaired) electrons. The summed E-state index contributed by atoms with van der Waals surface area (Å²) in [4.78, 5) is 13.7. The molecule has 4 nitrogen and oxygen atoms in total. The second-order valence-corrected chi connectivity index (χ2v) is 4.28. The lowest BCUT2D eigenvalue weighted by atomic mass is 9.98. The van der Waals surface area contributed by atoms with Gasteiger partial charge in [0.05, 0.1) is 0 Å². The monoisotopic (exact) mass is 197 g/mol. The van der Waals surface area contributed by atoms with E-state index in [9.17, 15) is 4.79 Å². The Morgan fingerprint density at radius 3 is 3.00 bits per heavy atom. The van der Waals surface area contributed by atoms with E-state index in [-0.39, 0.29) is 6.03 Å². The Balaban J connectivity index is 1.82. The van der Waals surface area contributed by atoms with Gasteiger partial charge in [0.15, 0.2) is 0 Å². The number of amides is 2. The summed E-state index contributed by atoms with van der Waals surface area (Å²) in [5, 5.41) is 5.61. The minimum atomic E-state index is -0.0403. The van der Waals surface area contributed by atoms with E-state index in [0.717, 1.165) is 25.4 Å². The molecule has 0 aromatic carbocycles. The zero-order valence-electron chi connectivity index (χ0n) is 8.75. The predicted octanol–water partition coefficient (Wildman–Crippen LogP) is 0.542. The zero-order valence-corrected chi connectivity index (χ0v) is 8.75. The molecule has 0 spiro atoms. The van der Waals surface area contributed by atoms with Gasteiger partial charge in [0, 0.05) is 25.7 Å². The largest absolute Gasteiger partial charge is 0.341 e. The zero-order chi connectivity index (χ0) is 9.97. The number of rotatable bonds is 1. The number of nitrogens with zero attached hydrogens (tertiary/aromatic N) is 1. The van der Waals surface area contributed by atoms with E-state index in [1.165, 1.54) is 19.4 Å². The maximum atomic E-state index is 11.1. The van der Waals surface area contributed by atoms with Crippen LogP contribution in [0.15, 0.2) is 0 Å². The second-order valence-electron chi connectivity index (χ2n) is 4.28. The Kier molecular flexibility index (Phi) is 2.91. The second kappa shape index (κ2) is 4.17. The van der Waals surface area contributed by atoms with Crippen LogP contribution >= 0.6 is 0 Å². The molecule has 2 atom stereocenters. The Labute approximate surface area is 85.0 Å². The summed E-state index contributed by atoms with van der Waals surface area (Å²) in [6, 6.07) is 1.07. The van der Waals surface area contributed by atoms with Gasteiger partial charge in [-0.15, -0.1) is 0 Å². The number of hydrogen-bond donors (Lipinski definition) is 2. The van der Waals surface area contributed by atoms with E-state index in [4.69, 9.17) is 0 Å². The molecule has 0 aromatic rings. The van der Waals surface area contributed by atoms with E-state index in [1.54, 1.807) is 7.05 Å². The van der Waals surface area contributed by atoms with Crippen LogP contribution in [-0.4, -0.2) is 43.2 Å². The summed E-state index contributed by atoms with van der Waals surface area (Å²) in [6.07, 6.45) is 4.88. The van der Waals surface area contributed by atoms with Crippen molar-refractivity contribution in [1.29, 1.82) is 0 Å². The molecule has 2 heterocycles. The van der Waals surface area contributed by atoms with Crippen molar-refractivity contribution < 1.29 is 4.79 Å². The fourth-order valence-corrected chi connectivity index (χ4v) is 2.61. The van der Waals surface area contributed by atoms with Crippen LogP contribution in [0.5, 0.6) is 0 Å². The van der Waals surface area contributed by atoms with Gasteiger partial charge in [0.1, 0.15) is 0 Å². The fourth-order valence-electron chi connectivity index (χ4n) is 2.61. The van der Waals surface area contributed by atoms with Crippen molar-refractivity contribution in [2.75, 3.05) is 20.1 Å². The molecule has 0 bridgehead atoms. The molecule has 0 saturated carbocycles. The third-order valence-electron chi connectivity index (χ3n) is 3.38.